The smallest absolute Gasteiger partial charge is 0.172 e. The summed E-state index contributed by atoms with van der Waals surface area (Å²) in [5.41, 5.74) is 0.865. The normalized spacial score (nSPS) is 11.0. The maximum absolute atomic E-state index is 14.0. The van der Waals surface area contributed by atoms with Crippen molar-refractivity contribution < 1.29 is 8.78 Å². The fourth-order valence-corrected chi connectivity index (χ4v) is 3.25. The number of rotatable bonds is 8. The Morgan fingerprint density at radius 2 is 2.10 bits per heavy atom. The van der Waals surface area contributed by atoms with E-state index in [9.17, 15) is 8.78 Å². The molecule has 0 aliphatic carbocycles. The number of benzene rings is 1. The minimum Gasteiger partial charge on any atom is -0.337 e. The van der Waals surface area contributed by atoms with Gasteiger partial charge in [-0.25, -0.2) is 13.8 Å². The number of unbranched alkanes of at least 4 members (excludes halogenated alkanes) is 2. The molecule has 0 fully saturated rings. The molecule has 1 heterocycles. The summed E-state index contributed by atoms with van der Waals surface area (Å²) in [5, 5.41) is 0. The molecule has 1 aromatic heterocycles. The molecule has 0 atom stereocenters. The molecule has 0 N–H and O–H groups in total. The van der Waals surface area contributed by atoms with E-state index in [1.54, 1.807) is 18.6 Å². The van der Waals surface area contributed by atoms with Crippen molar-refractivity contribution in [2.45, 2.75) is 44.0 Å². The molecule has 0 amide bonds. The van der Waals surface area contributed by atoms with Gasteiger partial charge in [0, 0.05) is 23.8 Å². The fourth-order valence-electron chi connectivity index (χ4n) is 2.12. The van der Waals surface area contributed by atoms with Crippen molar-refractivity contribution in [3.63, 3.8) is 0 Å². The quantitative estimate of drug-likeness (QED) is 0.520. The highest BCUT2D eigenvalue weighted by molar-refractivity contribution is 7.99. The van der Waals surface area contributed by atoms with Crippen molar-refractivity contribution in [2.75, 3.05) is 5.75 Å². The van der Waals surface area contributed by atoms with Gasteiger partial charge in [-0.15, -0.1) is 11.8 Å². The van der Waals surface area contributed by atoms with Gasteiger partial charge in [0.05, 0.1) is 6.33 Å². The first-order chi connectivity index (χ1) is 10.2. The van der Waals surface area contributed by atoms with E-state index in [4.69, 9.17) is 0 Å². The number of aryl methyl sites for hydroxylation is 2. The van der Waals surface area contributed by atoms with E-state index in [-0.39, 0.29) is 0 Å². The summed E-state index contributed by atoms with van der Waals surface area (Å²) in [6.45, 7) is 2.84. The topological polar surface area (TPSA) is 17.8 Å². The van der Waals surface area contributed by atoms with Crippen LogP contribution in [-0.4, -0.2) is 15.3 Å². The maximum Gasteiger partial charge on any atom is 0.172 e. The Morgan fingerprint density at radius 3 is 2.81 bits per heavy atom. The van der Waals surface area contributed by atoms with E-state index in [1.807, 2.05) is 10.8 Å². The second-order valence-corrected chi connectivity index (χ2v) is 6.06. The molecule has 0 radical (unpaired) electrons. The summed E-state index contributed by atoms with van der Waals surface area (Å²) in [5.74, 6) is -0.647. The number of hydrogen-bond acceptors (Lipinski definition) is 2. The highest BCUT2D eigenvalue weighted by Gasteiger charge is 2.14. The Hall–Kier alpha value is -1.36. The fraction of sp³-hybridized carbons (Fsp3) is 0.438. The van der Waals surface area contributed by atoms with Crippen LogP contribution in [0.25, 0.3) is 0 Å². The molecule has 21 heavy (non-hydrogen) atoms. The van der Waals surface area contributed by atoms with Crippen LogP contribution in [0.4, 0.5) is 8.78 Å². The van der Waals surface area contributed by atoms with Crippen molar-refractivity contribution in [1.82, 2.24) is 9.55 Å². The van der Waals surface area contributed by atoms with E-state index < -0.39 is 11.6 Å². The lowest BCUT2D eigenvalue weighted by Gasteiger charge is -2.11. The molecule has 2 nitrogen and oxygen atoms in total. The molecular formula is C16H20F2N2S. The van der Waals surface area contributed by atoms with Gasteiger partial charge in [0.2, 0.25) is 0 Å². The van der Waals surface area contributed by atoms with E-state index >= 15 is 0 Å². The van der Waals surface area contributed by atoms with Crippen molar-refractivity contribution in [1.29, 1.82) is 0 Å². The molecule has 2 aromatic rings. The summed E-state index contributed by atoms with van der Waals surface area (Å²) >= 11 is 1.43. The van der Waals surface area contributed by atoms with Crippen LogP contribution < -0.4 is 0 Å². The largest absolute Gasteiger partial charge is 0.337 e. The molecule has 0 unspecified atom stereocenters. The van der Waals surface area contributed by atoms with E-state index in [0.717, 1.165) is 30.6 Å². The number of hydrogen-bond donors (Lipinski definition) is 0. The van der Waals surface area contributed by atoms with Crippen LogP contribution in [-0.2, 0) is 13.0 Å². The van der Waals surface area contributed by atoms with Crippen LogP contribution >= 0.6 is 11.8 Å². The first-order valence-corrected chi connectivity index (χ1v) is 8.26. The van der Waals surface area contributed by atoms with Gasteiger partial charge >= 0.3 is 0 Å². The van der Waals surface area contributed by atoms with Gasteiger partial charge in [0.15, 0.2) is 11.6 Å². The summed E-state index contributed by atoms with van der Waals surface area (Å²) in [4.78, 5) is 4.45. The molecule has 0 aliphatic rings. The third kappa shape index (κ3) is 4.56. The Labute approximate surface area is 128 Å². The van der Waals surface area contributed by atoms with Gasteiger partial charge in [-0.05, 0) is 30.2 Å². The SMILES string of the molecule is CCCCCSc1c(CCn2ccnc2)ccc(F)c1F. The molecule has 0 aliphatic heterocycles. The Kier molecular flexibility index (Phi) is 6.23. The summed E-state index contributed by atoms with van der Waals surface area (Å²) in [7, 11) is 0. The van der Waals surface area contributed by atoms with Crippen LogP contribution in [0.2, 0.25) is 0 Å². The van der Waals surface area contributed by atoms with Crippen molar-refractivity contribution in [3.8, 4) is 0 Å². The first kappa shape index (κ1) is 16.0. The van der Waals surface area contributed by atoms with Crippen LogP contribution in [0.15, 0.2) is 35.7 Å². The summed E-state index contributed by atoms with van der Waals surface area (Å²) in [6, 6.07) is 2.91. The van der Waals surface area contributed by atoms with E-state index in [1.165, 1.54) is 17.8 Å². The number of imidazole rings is 1. The molecule has 2 rings (SSSR count). The first-order valence-electron chi connectivity index (χ1n) is 7.27. The highest BCUT2D eigenvalue weighted by Crippen LogP contribution is 2.29. The molecular weight excluding hydrogens is 290 g/mol. The number of nitrogens with zero attached hydrogens (tertiary/aromatic N) is 2. The van der Waals surface area contributed by atoms with Gasteiger partial charge in [0.1, 0.15) is 0 Å². The molecule has 0 saturated carbocycles. The van der Waals surface area contributed by atoms with Gasteiger partial charge in [-0.2, -0.15) is 0 Å². The summed E-state index contributed by atoms with van der Waals surface area (Å²) in [6.07, 6.45) is 9.25. The number of thioether (sulfide) groups is 1. The van der Waals surface area contributed by atoms with Crippen LogP contribution in [0.5, 0.6) is 0 Å². The Morgan fingerprint density at radius 1 is 1.24 bits per heavy atom. The Balaban J connectivity index is 2.05. The second kappa shape index (κ2) is 8.17. The zero-order valence-corrected chi connectivity index (χ0v) is 13.0. The molecule has 0 spiro atoms. The standard InChI is InChI=1S/C16H20F2N2S/c1-2-3-4-11-21-16-13(5-6-14(17)15(16)18)7-9-20-10-8-19-12-20/h5-6,8,10,12H,2-4,7,9,11H2,1H3. The van der Waals surface area contributed by atoms with E-state index in [2.05, 4.69) is 11.9 Å². The van der Waals surface area contributed by atoms with Crippen LogP contribution in [0.1, 0.15) is 31.7 Å². The van der Waals surface area contributed by atoms with Gasteiger partial charge < -0.3 is 4.57 Å². The average molecular weight is 310 g/mol. The molecule has 0 saturated heterocycles. The minimum absolute atomic E-state index is 0.464. The van der Waals surface area contributed by atoms with E-state index in [0.29, 0.717) is 17.9 Å². The third-order valence-electron chi connectivity index (χ3n) is 3.32. The van der Waals surface area contributed by atoms with Crippen molar-refractivity contribution in [2.24, 2.45) is 0 Å². The lowest BCUT2D eigenvalue weighted by molar-refractivity contribution is 0.487. The minimum atomic E-state index is -0.764. The van der Waals surface area contributed by atoms with Crippen molar-refractivity contribution in [3.05, 3.63) is 48.1 Å². The zero-order valence-electron chi connectivity index (χ0n) is 12.2. The third-order valence-corrected chi connectivity index (χ3v) is 4.55. The predicted octanol–water partition coefficient (Wildman–Crippen LogP) is 4.69. The highest BCUT2D eigenvalue weighted by atomic mass is 32.2. The summed E-state index contributed by atoms with van der Waals surface area (Å²) < 4.78 is 29.4. The van der Waals surface area contributed by atoms with Gasteiger partial charge in [0.25, 0.3) is 0 Å². The van der Waals surface area contributed by atoms with Crippen LogP contribution in [0.3, 0.4) is 0 Å². The van der Waals surface area contributed by atoms with Gasteiger partial charge in [-0.1, -0.05) is 25.8 Å². The number of aromatic nitrogens is 2. The molecule has 0 bridgehead atoms. The predicted molar refractivity (Wildman–Crippen MR) is 82.5 cm³/mol. The molecule has 1 aromatic carbocycles. The monoisotopic (exact) mass is 310 g/mol. The van der Waals surface area contributed by atoms with Crippen LogP contribution in [0, 0.1) is 11.6 Å². The maximum atomic E-state index is 14.0. The zero-order chi connectivity index (χ0) is 15.1. The lowest BCUT2D eigenvalue weighted by Crippen LogP contribution is -2.02. The number of halogens is 2. The Bertz CT molecular complexity index is 556. The molecule has 114 valence electrons. The lowest BCUT2D eigenvalue weighted by atomic mass is 10.1. The average Bonchev–Trinajstić information content (AvgIpc) is 3.00. The molecule has 5 heteroatoms. The second-order valence-electron chi connectivity index (χ2n) is 4.96. The van der Waals surface area contributed by atoms with Crippen molar-refractivity contribution >= 4 is 11.8 Å². The van der Waals surface area contributed by atoms with Gasteiger partial charge in [-0.3, -0.25) is 0 Å².